The van der Waals surface area contributed by atoms with Crippen LogP contribution in [0.2, 0.25) is 0 Å². The molecule has 66 valence electrons. The first-order valence-corrected chi connectivity index (χ1v) is 3.95. The van der Waals surface area contributed by atoms with Crippen molar-refractivity contribution in [2.75, 3.05) is 0 Å². The van der Waals surface area contributed by atoms with E-state index in [0.29, 0.717) is 12.0 Å². The van der Waals surface area contributed by atoms with Crippen molar-refractivity contribution >= 4 is 5.78 Å². The summed E-state index contributed by atoms with van der Waals surface area (Å²) >= 11 is 0. The number of phenolic OH excluding ortho intramolecular Hbond substituents is 1. The van der Waals surface area contributed by atoms with E-state index in [2.05, 4.69) is 0 Å². The van der Waals surface area contributed by atoms with Gasteiger partial charge in [-0.3, -0.25) is 4.79 Å². The number of nitrogens with zero attached hydrogens (tertiary/aromatic N) is 1. The number of hydrogen-bond donors (Lipinski definition) is 1. The van der Waals surface area contributed by atoms with E-state index in [0.717, 1.165) is 0 Å². The van der Waals surface area contributed by atoms with Gasteiger partial charge in [-0.1, -0.05) is 6.92 Å². The minimum atomic E-state index is -0.0878. The van der Waals surface area contributed by atoms with Gasteiger partial charge in [0.1, 0.15) is 11.8 Å². The number of carbonyl (C=O) groups is 1. The minimum Gasteiger partial charge on any atom is -0.507 e. The lowest BCUT2D eigenvalue weighted by atomic mass is 10.1. The maximum Gasteiger partial charge on any atom is 0.162 e. The standard InChI is InChI=1S/C10H9NO2/c1-2-9(12)7-3-4-10(13)8(5-7)6-11/h3-5,13H,2H2,1H3. The number of benzene rings is 1. The van der Waals surface area contributed by atoms with Gasteiger partial charge in [-0.05, 0) is 18.2 Å². The van der Waals surface area contributed by atoms with E-state index in [4.69, 9.17) is 10.4 Å². The molecule has 0 amide bonds. The van der Waals surface area contributed by atoms with Crippen LogP contribution in [0.3, 0.4) is 0 Å². The average Bonchev–Trinajstić information content (AvgIpc) is 2.17. The minimum absolute atomic E-state index is 0.0310. The molecule has 1 aromatic rings. The summed E-state index contributed by atoms with van der Waals surface area (Å²) in [7, 11) is 0. The molecule has 0 aromatic heterocycles. The smallest absolute Gasteiger partial charge is 0.162 e. The van der Waals surface area contributed by atoms with E-state index in [1.165, 1.54) is 18.2 Å². The van der Waals surface area contributed by atoms with E-state index in [9.17, 15) is 4.79 Å². The maximum atomic E-state index is 11.2. The van der Waals surface area contributed by atoms with Gasteiger partial charge in [-0.25, -0.2) is 0 Å². The Morgan fingerprint density at radius 3 is 2.85 bits per heavy atom. The molecule has 0 saturated carbocycles. The second-order valence-electron chi connectivity index (χ2n) is 2.62. The van der Waals surface area contributed by atoms with Crippen LogP contribution >= 0.6 is 0 Å². The molecular weight excluding hydrogens is 166 g/mol. The van der Waals surface area contributed by atoms with Crippen molar-refractivity contribution in [1.29, 1.82) is 5.26 Å². The highest BCUT2D eigenvalue weighted by atomic mass is 16.3. The monoisotopic (exact) mass is 175 g/mol. The molecule has 0 spiro atoms. The lowest BCUT2D eigenvalue weighted by molar-refractivity contribution is 0.0988. The first-order chi connectivity index (χ1) is 6.19. The summed E-state index contributed by atoms with van der Waals surface area (Å²) in [5, 5.41) is 17.7. The molecule has 0 atom stereocenters. The molecule has 1 aromatic carbocycles. The predicted octanol–water partition coefficient (Wildman–Crippen LogP) is 1.86. The Balaban J connectivity index is 3.15. The third-order valence-corrected chi connectivity index (χ3v) is 1.76. The lowest BCUT2D eigenvalue weighted by Gasteiger charge is -1.99. The predicted molar refractivity (Wildman–Crippen MR) is 47.4 cm³/mol. The van der Waals surface area contributed by atoms with Crippen molar-refractivity contribution in [3.05, 3.63) is 29.3 Å². The summed E-state index contributed by atoms with van der Waals surface area (Å²) in [6, 6.07) is 6.09. The summed E-state index contributed by atoms with van der Waals surface area (Å²) in [5.41, 5.74) is 0.608. The fourth-order valence-electron chi connectivity index (χ4n) is 1.00. The van der Waals surface area contributed by atoms with Gasteiger partial charge in [-0.2, -0.15) is 5.26 Å². The Morgan fingerprint density at radius 2 is 2.31 bits per heavy atom. The quantitative estimate of drug-likeness (QED) is 0.698. The number of hydrogen-bond acceptors (Lipinski definition) is 3. The molecule has 3 heteroatoms. The second-order valence-corrected chi connectivity index (χ2v) is 2.62. The second kappa shape index (κ2) is 3.72. The van der Waals surface area contributed by atoms with Gasteiger partial charge in [0.2, 0.25) is 0 Å². The van der Waals surface area contributed by atoms with Crippen LogP contribution in [0, 0.1) is 11.3 Å². The summed E-state index contributed by atoms with van der Waals surface area (Å²) in [6.45, 7) is 1.75. The first kappa shape index (κ1) is 9.27. The van der Waals surface area contributed by atoms with Gasteiger partial charge < -0.3 is 5.11 Å². The molecule has 1 N–H and O–H groups in total. The van der Waals surface area contributed by atoms with E-state index < -0.39 is 0 Å². The molecule has 0 fully saturated rings. The number of nitriles is 1. The molecule has 0 unspecified atom stereocenters. The van der Waals surface area contributed by atoms with Crippen molar-refractivity contribution in [2.45, 2.75) is 13.3 Å². The number of ketones is 1. The fourth-order valence-corrected chi connectivity index (χ4v) is 1.00. The van der Waals surface area contributed by atoms with Gasteiger partial charge in [0.25, 0.3) is 0 Å². The summed E-state index contributed by atoms with van der Waals surface area (Å²) in [4.78, 5) is 11.2. The maximum absolute atomic E-state index is 11.2. The van der Waals surface area contributed by atoms with Crippen LogP contribution in [-0.2, 0) is 0 Å². The molecule has 1 rings (SSSR count). The van der Waals surface area contributed by atoms with Crippen LogP contribution in [0.5, 0.6) is 5.75 Å². The van der Waals surface area contributed by atoms with Gasteiger partial charge in [-0.15, -0.1) is 0 Å². The Hall–Kier alpha value is -1.82. The Kier molecular flexibility index (Phi) is 2.65. The fraction of sp³-hybridized carbons (Fsp3) is 0.200. The zero-order valence-corrected chi connectivity index (χ0v) is 7.24. The third-order valence-electron chi connectivity index (χ3n) is 1.76. The summed E-state index contributed by atoms with van der Waals surface area (Å²) in [5.74, 6) is -0.119. The topological polar surface area (TPSA) is 61.1 Å². The third kappa shape index (κ3) is 1.85. The zero-order chi connectivity index (χ0) is 9.84. The SMILES string of the molecule is CCC(=O)c1ccc(O)c(C#N)c1. The highest BCUT2D eigenvalue weighted by Crippen LogP contribution is 2.17. The molecule has 0 aliphatic rings. The first-order valence-electron chi connectivity index (χ1n) is 3.95. The van der Waals surface area contributed by atoms with E-state index >= 15 is 0 Å². The van der Waals surface area contributed by atoms with Crippen LogP contribution in [0.1, 0.15) is 29.3 Å². The van der Waals surface area contributed by atoms with Crippen molar-refractivity contribution in [3.63, 3.8) is 0 Å². The zero-order valence-electron chi connectivity index (χ0n) is 7.24. The highest BCUT2D eigenvalue weighted by Gasteiger charge is 2.06. The van der Waals surface area contributed by atoms with Crippen LogP contribution < -0.4 is 0 Å². The molecule has 0 saturated heterocycles. The lowest BCUT2D eigenvalue weighted by Crippen LogP contribution is -1.96. The summed E-state index contributed by atoms with van der Waals surface area (Å²) < 4.78 is 0. The van der Waals surface area contributed by atoms with Crippen molar-refractivity contribution in [2.24, 2.45) is 0 Å². The molecule has 0 aliphatic carbocycles. The largest absolute Gasteiger partial charge is 0.507 e. The highest BCUT2D eigenvalue weighted by molar-refractivity contribution is 5.96. The van der Waals surface area contributed by atoms with Crippen LogP contribution in [-0.4, -0.2) is 10.9 Å². The molecule has 0 bridgehead atoms. The number of carbonyl (C=O) groups excluding carboxylic acids is 1. The molecule has 13 heavy (non-hydrogen) atoms. The average molecular weight is 175 g/mol. The van der Waals surface area contributed by atoms with Crippen LogP contribution in [0.15, 0.2) is 18.2 Å². The van der Waals surface area contributed by atoms with Gasteiger partial charge >= 0.3 is 0 Å². The Morgan fingerprint density at radius 1 is 1.62 bits per heavy atom. The van der Waals surface area contributed by atoms with Crippen molar-refractivity contribution < 1.29 is 9.90 Å². The van der Waals surface area contributed by atoms with Gasteiger partial charge in [0.15, 0.2) is 5.78 Å². The van der Waals surface area contributed by atoms with Crippen molar-refractivity contribution in [3.8, 4) is 11.8 Å². The molecule has 0 aliphatic heterocycles. The number of aromatic hydroxyl groups is 1. The van der Waals surface area contributed by atoms with E-state index in [1.807, 2.05) is 6.07 Å². The Bertz CT molecular complexity index is 377. The normalized spacial score (nSPS) is 9.23. The van der Waals surface area contributed by atoms with Crippen molar-refractivity contribution in [1.82, 2.24) is 0 Å². The number of Topliss-reactive ketones (excluding diaryl/α,β-unsaturated/α-hetero) is 1. The number of phenols is 1. The van der Waals surface area contributed by atoms with Gasteiger partial charge in [0.05, 0.1) is 5.56 Å². The molecule has 3 nitrogen and oxygen atoms in total. The van der Waals surface area contributed by atoms with Gasteiger partial charge in [0, 0.05) is 12.0 Å². The summed E-state index contributed by atoms with van der Waals surface area (Å²) in [6.07, 6.45) is 0.398. The van der Waals surface area contributed by atoms with E-state index in [1.54, 1.807) is 6.92 Å². The van der Waals surface area contributed by atoms with Crippen LogP contribution in [0.4, 0.5) is 0 Å². The van der Waals surface area contributed by atoms with E-state index in [-0.39, 0.29) is 17.1 Å². The molecule has 0 heterocycles. The molecule has 0 radical (unpaired) electrons. The van der Waals surface area contributed by atoms with Crippen LogP contribution in [0.25, 0.3) is 0 Å². The molecular formula is C10H9NO2. The Labute approximate surface area is 76.2 Å². The number of rotatable bonds is 2.